The van der Waals surface area contributed by atoms with Gasteiger partial charge in [0, 0.05) is 50.3 Å². The van der Waals surface area contributed by atoms with E-state index in [4.69, 9.17) is 0 Å². The minimum atomic E-state index is 0.0882. The summed E-state index contributed by atoms with van der Waals surface area (Å²) >= 11 is 0. The van der Waals surface area contributed by atoms with E-state index in [0.717, 1.165) is 44.6 Å². The maximum absolute atomic E-state index is 12.6. The number of carbonyl (C=O) groups is 2. The Morgan fingerprint density at radius 3 is 2.34 bits per heavy atom. The molecule has 0 N–H and O–H groups in total. The molecule has 0 spiro atoms. The van der Waals surface area contributed by atoms with Crippen molar-refractivity contribution in [3.05, 3.63) is 64.7 Å². The van der Waals surface area contributed by atoms with Crippen LogP contribution in [-0.4, -0.2) is 42.8 Å². The minimum Gasteiger partial charge on any atom is -0.368 e. The number of amides is 1. The molecule has 0 atom stereocenters. The maximum atomic E-state index is 12.6. The molecule has 2 aliphatic rings. The zero-order valence-electron chi connectivity index (χ0n) is 17.3. The fraction of sp³-hybridized carbons (Fsp3) is 0.440. The summed E-state index contributed by atoms with van der Waals surface area (Å²) < 4.78 is 0. The van der Waals surface area contributed by atoms with E-state index in [2.05, 4.69) is 48.2 Å². The molecule has 1 fully saturated rings. The molecule has 1 heterocycles. The molecule has 2 aromatic rings. The van der Waals surface area contributed by atoms with Gasteiger partial charge in [0.2, 0.25) is 5.91 Å². The fourth-order valence-corrected chi connectivity index (χ4v) is 4.54. The second kappa shape index (κ2) is 8.81. The third-order valence-electron chi connectivity index (χ3n) is 6.32. The van der Waals surface area contributed by atoms with Gasteiger partial charge < -0.3 is 9.80 Å². The lowest BCUT2D eigenvalue weighted by Gasteiger charge is -2.36. The van der Waals surface area contributed by atoms with E-state index in [1.54, 1.807) is 0 Å². The Morgan fingerprint density at radius 2 is 1.59 bits per heavy atom. The number of nitrogens with zero attached hydrogens (tertiary/aromatic N) is 2. The van der Waals surface area contributed by atoms with Crippen molar-refractivity contribution in [2.75, 3.05) is 31.1 Å². The second-order valence-electron chi connectivity index (χ2n) is 8.27. The number of piperazine rings is 1. The van der Waals surface area contributed by atoms with Gasteiger partial charge in [0.15, 0.2) is 5.78 Å². The number of hydrogen-bond donors (Lipinski definition) is 0. The number of aryl methyl sites for hydroxylation is 3. The van der Waals surface area contributed by atoms with Crippen LogP contribution in [0.1, 0.15) is 52.7 Å². The summed E-state index contributed by atoms with van der Waals surface area (Å²) in [6.45, 7) is 5.25. The highest BCUT2D eigenvalue weighted by Gasteiger charge is 2.22. The number of fused-ring (bicyclic) bond motifs is 1. The predicted octanol–water partition coefficient (Wildman–Crippen LogP) is 4.19. The van der Waals surface area contributed by atoms with Crippen LogP contribution in [0.15, 0.2) is 42.5 Å². The van der Waals surface area contributed by atoms with Crippen LogP contribution in [0.2, 0.25) is 0 Å². The molecule has 1 saturated heterocycles. The van der Waals surface area contributed by atoms with Crippen molar-refractivity contribution >= 4 is 17.4 Å². The molecule has 0 aromatic heterocycles. The summed E-state index contributed by atoms with van der Waals surface area (Å²) in [7, 11) is 0. The third kappa shape index (κ3) is 4.52. The number of hydrogen-bond acceptors (Lipinski definition) is 3. The Morgan fingerprint density at radius 1 is 0.862 bits per heavy atom. The highest BCUT2D eigenvalue weighted by Crippen LogP contribution is 2.24. The van der Waals surface area contributed by atoms with Crippen LogP contribution in [0.5, 0.6) is 0 Å². The van der Waals surface area contributed by atoms with Crippen LogP contribution < -0.4 is 4.90 Å². The second-order valence-corrected chi connectivity index (χ2v) is 8.27. The first kappa shape index (κ1) is 19.7. The largest absolute Gasteiger partial charge is 0.368 e. The van der Waals surface area contributed by atoms with Crippen molar-refractivity contribution in [3.63, 3.8) is 0 Å². The van der Waals surface area contributed by atoms with E-state index in [1.165, 1.54) is 35.2 Å². The molecule has 0 radical (unpaired) electrons. The van der Waals surface area contributed by atoms with Gasteiger partial charge in [-0.05, 0) is 61.4 Å². The molecule has 2 aromatic carbocycles. The van der Waals surface area contributed by atoms with E-state index in [0.29, 0.717) is 12.8 Å². The van der Waals surface area contributed by atoms with Gasteiger partial charge in [-0.15, -0.1) is 0 Å². The van der Waals surface area contributed by atoms with Crippen molar-refractivity contribution in [2.45, 2.75) is 45.4 Å². The summed E-state index contributed by atoms with van der Waals surface area (Å²) in [6, 6.07) is 14.5. The standard InChI is InChI=1S/C25H30N2O2/c1-19-6-2-5-9-23(19)26-14-16-27(17-15-26)25(29)13-12-24(28)22-11-10-20-7-3-4-8-21(20)18-22/h2,5-6,9-11,18H,3-4,7-8,12-17H2,1H3. The van der Waals surface area contributed by atoms with Gasteiger partial charge in [-0.25, -0.2) is 0 Å². The van der Waals surface area contributed by atoms with Gasteiger partial charge in [-0.3, -0.25) is 9.59 Å². The van der Waals surface area contributed by atoms with Crippen molar-refractivity contribution in [1.82, 2.24) is 4.90 Å². The van der Waals surface area contributed by atoms with E-state index in [9.17, 15) is 9.59 Å². The number of benzene rings is 2. The summed E-state index contributed by atoms with van der Waals surface area (Å²) in [5, 5.41) is 0. The van der Waals surface area contributed by atoms with Crippen LogP contribution in [-0.2, 0) is 17.6 Å². The molecule has 29 heavy (non-hydrogen) atoms. The molecule has 0 saturated carbocycles. The fourth-order valence-electron chi connectivity index (χ4n) is 4.54. The van der Waals surface area contributed by atoms with Crippen LogP contribution >= 0.6 is 0 Å². The van der Waals surface area contributed by atoms with Gasteiger partial charge in [-0.2, -0.15) is 0 Å². The Kier molecular flexibility index (Phi) is 5.98. The predicted molar refractivity (Wildman–Crippen MR) is 117 cm³/mol. The number of rotatable bonds is 5. The van der Waals surface area contributed by atoms with Crippen molar-refractivity contribution in [3.8, 4) is 0 Å². The van der Waals surface area contributed by atoms with Crippen molar-refractivity contribution in [1.29, 1.82) is 0 Å². The zero-order chi connectivity index (χ0) is 20.2. The first-order valence-electron chi connectivity index (χ1n) is 10.8. The Hall–Kier alpha value is -2.62. The highest BCUT2D eigenvalue weighted by molar-refractivity contribution is 5.98. The van der Waals surface area contributed by atoms with Crippen molar-refractivity contribution in [2.24, 2.45) is 0 Å². The molecule has 152 valence electrons. The van der Waals surface area contributed by atoms with Gasteiger partial charge in [-0.1, -0.05) is 30.3 Å². The number of ketones is 1. The van der Waals surface area contributed by atoms with E-state index in [-0.39, 0.29) is 11.7 Å². The van der Waals surface area contributed by atoms with E-state index >= 15 is 0 Å². The molecule has 0 unspecified atom stereocenters. The highest BCUT2D eigenvalue weighted by atomic mass is 16.2. The number of para-hydroxylation sites is 1. The molecule has 1 aliphatic heterocycles. The number of carbonyl (C=O) groups excluding carboxylic acids is 2. The SMILES string of the molecule is Cc1ccccc1N1CCN(C(=O)CCC(=O)c2ccc3c(c2)CCCC3)CC1. The monoisotopic (exact) mass is 390 g/mol. The topological polar surface area (TPSA) is 40.6 Å². The number of anilines is 1. The lowest BCUT2D eigenvalue weighted by atomic mass is 9.89. The summed E-state index contributed by atoms with van der Waals surface area (Å²) in [4.78, 5) is 29.5. The van der Waals surface area contributed by atoms with E-state index in [1.807, 2.05) is 11.0 Å². The van der Waals surface area contributed by atoms with Crippen molar-refractivity contribution < 1.29 is 9.59 Å². The van der Waals surface area contributed by atoms with E-state index < -0.39 is 0 Å². The van der Waals surface area contributed by atoms with Gasteiger partial charge in [0.05, 0.1) is 0 Å². The normalized spacial score (nSPS) is 16.4. The summed E-state index contributed by atoms with van der Waals surface area (Å²) in [6.07, 6.45) is 5.25. The van der Waals surface area contributed by atoms with Crippen LogP contribution in [0.25, 0.3) is 0 Å². The van der Waals surface area contributed by atoms with Gasteiger partial charge in [0.25, 0.3) is 0 Å². The smallest absolute Gasteiger partial charge is 0.223 e. The molecule has 4 heteroatoms. The average Bonchev–Trinajstić information content (AvgIpc) is 2.77. The number of Topliss-reactive ketones (excluding diaryl/α,β-unsaturated/α-hetero) is 1. The molecule has 1 amide bonds. The molecular formula is C25H30N2O2. The Bertz CT molecular complexity index is 897. The van der Waals surface area contributed by atoms with Crippen LogP contribution in [0, 0.1) is 6.92 Å². The van der Waals surface area contributed by atoms with Gasteiger partial charge in [0.1, 0.15) is 0 Å². The van der Waals surface area contributed by atoms with Crippen LogP contribution in [0.3, 0.4) is 0 Å². The average molecular weight is 391 g/mol. The first-order chi connectivity index (χ1) is 14.1. The zero-order valence-corrected chi connectivity index (χ0v) is 17.3. The lowest BCUT2D eigenvalue weighted by molar-refractivity contribution is -0.131. The quantitative estimate of drug-likeness (QED) is 0.719. The Labute approximate surface area is 173 Å². The Balaban J connectivity index is 1.28. The molecular weight excluding hydrogens is 360 g/mol. The minimum absolute atomic E-state index is 0.0882. The first-order valence-corrected chi connectivity index (χ1v) is 10.8. The van der Waals surface area contributed by atoms with Gasteiger partial charge >= 0.3 is 0 Å². The summed E-state index contributed by atoms with van der Waals surface area (Å²) in [5.41, 5.74) is 5.99. The third-order valence-corrected chi connectivity index (χ3v) is 6.32. The molecule has 4 nitrogen and oxygen atoms in total. The molecule has 4 rings (SSSR count). The summed E-state index contributed by atoms with van der Waals surface area (Å²) in [5.74, 6) is 0.186. The molecule has 0 bridgehead atoms. The lowest BCUT2D eigenvalue weighted by Crippen LogP contribution is -2.49. The van der Waals surface area contributed by atoms with Crippen LogP contribution in [0.4, 0.5) is 5.69 Å². The maximum Gasteiger partial charge on any atom is 0.223 e. The molecule has 1 aliphatic carbocycles.